The van der Waals surface area contributed by atoms with E-state index in [1.807, 2.05) is 24.3 Å². The largest absolute Gasteiger partial charge is 0.497 e. The van der Waals surface area contributed by atoms with Crippen molar-refractivity contribution in [1.29, 1.82) is 0 Å². The van der Waals surface area contributed by atoms with Gasteiger partial charge in [-0.25, -0.2) is 0 Å². The van der Waals surface area contributed by atoms with Crippen LogP contribution in [0.15, 0.2) is 53.4 Å². The third kappa shape index (κ3) is 4.18. The molecule has 0 saturated heterocycles. The van der Waals surface area contributed by atoms with Crippen LogP contribution < -0.4 is 4.74 Å². The van der Waals surface area contributed by atoms with Crippen molar-refractivity contribution in [2.45, 2.75) is 36.8 Å². The highest BCUT2D eigenvalue weighted by Gasteiger charge is 2.13. The summed E-state index contributed by atoms with van der Waals surface area (Å²) in [7, 11) is 0.600. The summed E-state index contributed by atoms with van der Waals surface area (Å²) >= 11 is 0. The summed E-state index contributed by atoms with van der Waals surface area (Å²) in [5.74, 6) is 1.32. The minimum Gasteiger partial charge on any atom is -0.497 e. The Balaban J connectivity index is 2.08. The normalized spacial score (nSPS) is 13.0. The predicted octanol–water partition coefficient (Wildman–Crippen LogP) is 4.30. The lowest BCUT2D eigenvalue weighted by molar-refractivity contribution is 0.414. The van der Waals surface area contributed by atoms with E-state index in [4.69, 9.17) is 4.74 Å². The van der Waals surface area contributed by atoms with E-state index in [0.717, 1.165) is 16.2 Å². The first-order valence-electron chi connectivity index (χ1n) is 7.02. The van der Waals surface area contributed by atoms with Gasteiger partial charge >= 0.3 is 0 Å². The van der Waals surface area contributed by atoms with Crippen molar-refractivity contribution in [1.82, 2.24) is 0 Å². The molecule has 0 fully saturated rings. The number of methoxy groups -OCH3 is 1. The molecule has 3 heteroatoms. The van der Waals surface area contributed by atoms with Gasteiger partial charge in [-0.15, -0.1) is 0 Å². The predicted molar refractivity (Wildman–Crippen MR) is 88.2 cm³/mol. The van der Waals surface area contributed by atoms with Crippen molar-refractivity contribution >= 4 is 10.8 Å². The molecule has 2 aromatic rings. The summed E-state index contributed by atoms with van der Waals surface area (Å²) in [6.07, 6.45) is 0. The molecule has 2 aromatic carbocycles. The van der Waals surface area contributed by atoms with Crippen LogP contribution in [0.4, 0.5) is 0 Å². The Hall–Kier alpha value is -1.61. The third-order valence-electron chi connectivity index (χ3n) is 3.44. The molecule has 0 amide bonds. The van der Waals surface area contributed by atoms with Crippen LogP contribution in [0.1, 0.15) is 31.9 Å². The molecule has 0 bridgehead atoms. The van der Waals surface area contributed by atoms with Gasteiger partial charge in [0.1, 0.15) is 5.75 Å². The van der Waals surface area contributed by atoms with Crippen LogP contribution in [0, 0.1) is 0 Å². The number of benzene rings is 2. The summed E-state index contributed by atoms with van der Waals surface area (Å²) in [5, 5.41) is 0. The van der Waals surface area contributed by atoms with E-state index in [1.165, 1.54) is 5.56 Å². The van der Waals surface area contributed by atoms with Crippen LogP contribution in [-0.4, -0.2) is 11.3 Å². The molecule has 0 N–H and O–H groups in total. The van der Waals surface area contributed by atoms with Crippen LogP contribution in [0.2, 0.25) is 0 Å². The Morgan fingerprint density at radius 1 is 0.952 bits per heavy atom. The van der Waals surface area contributed by atoms with E-state index in [2.05, 4.69) is 45.0 Å². The van der Waals surface area contributed by atoms with Gasteiger partial charge < -0.3 is 4.74 Å². The fraction of sp³-hybridized carbons (Fsp3) is 0.333. The maximum absolute atomic E-state index is 12.4. The van der Waals surface area contributed by atoms with Crippen LogP contribution in [0.5, 0.6) is 5.75 Å². The van der Waals surface area contributed by atoms with Crippen molar-refractivity contribution in [2.24, 2.45) is 0 Å². The van der Waals surface area contributed by atoms with Gasteiger partial charge in [0, 0.05) is 4.90 Å². The van der Waals surface area contributed by atoms with Gasteiger partial charge in [0.15, 0.2) is 0 Å². The lowest BCUT2D eigenvalue weighted by atomic mass is 9.87. The Morgan fingerprint density at radius 3 is 2.00 bits per heavy atom. The summed E-state index contributed by atoms with van der Waals surface area (Å²) < 4.78 is 17.5. The maximum Gasteiger partial charge on any atom is 0.118 e. The molecule has 0 saturated carbocycles. The van der Waals surface area contributed by atoms with Crippen molar-refractivity contribution in [3.05, 3.63) is 59.7 Å². The second-order valence-electron chi connectivity index (χ2n) is 6.11. The van der Waals surface area contributed by atoms with E-state index in [9.17, 15) is 4.21 Å². The van der Waals surface area contributed by atoms with Gasteiger partial charge in [-0.1, -0.05) is 45.0 Å². The van der Waals surface area contributed by atoms with Crippen LogP contribution >= 0.6 is 0 Å². The molecule has 0 aromatic heterocycles. The molecule has 0 aliphatic rings. The van der Waals surface area contributed by atoms with Gasteiger partial charge in [0.2, 0.25) is 0 Å². The smallest absolute Gasteiger partial charge is 0.118 e. The fourth-order valence-electron chi connectivity index (χ4n) is 2.06. The molecule has 2 rings (SSSR count). The van der Waals surface area contributed by atoms with E-state index in [0.29, 0.717) is 5.75 Å². The molecule has 0 aliphatic carbocycles. The maximum atomic E-state index is 12.4. The van der Waals surface area contributed by atoms with E-state index < -0.39 is 10.8 Å². The van der Waals surface area contributed by atoms with Gasteiger partial charge in [-0.2, -0.15) is 0 Å². The van der Waals surface area contributed by atoms with Gasteiger partial charge in [0.05, 0.1) is 23.7 Å². The molecule has 0 radical (unpaired) electrons. The second kappa shape index (κ2) is 6.44. The number of hydrogen-bond donors (Lipinski definition) is 0. The molecule has 0 spiro atoms. The zero-order chi connectivity index (χ0) is 15.5. The summed E-state index contributed by atoms with van der Waals surface area (Å²) in [5.41, 5.74) is 2.53. The van der Waals surface area contributed by atoms with Crippen molar-refractivity contribution in [3.8, 4) is 5.75 Å². The topological polar surface area (TPSA) is 26.3 Å². The van der Waals surface area contributed by atoms with Crippen molar-refractivity contribution in [2.75, 3.05) is 7.11 Å². The lowest BCUT2D eigenvalue weighted by Gasteiger charge is -2.19. The average molecular weight is 302 g/mol. The first-order chi connectivity index (χ1) is 9.90. The molecular formula is C18H22O2S. The average Bonchev–Trinajstić information content (AvgIpc) is 2.47. The Bertz CT molecular complexity index is 607. The number of hydrogen-bond acceptors (Lipinski definition) is 2. The van der Waals surface area contributed by atoms with Crippen molar-refractivity contribution in [3.63, 3.8) is 0 Å². The van der Waals surface area contributed by atoms with Crippen LogP contribution in [0.25, 0.3) is 0 Å². The molecule has 0 heterocycles. The molecule has 2 nitrogen and oxygen atoms in total. The Kier molecular flexibility index (Phi) is 4.84. The van der Waals surface area contributed by atoms with Crippen LogP contribution in [-0.2, 0) is 22.0 Å². The standard InChI is InChI=1S/C18H22O2S/c1-18(2,3)15-7-5-14(6-8-15)13-21(19)17-11-9-16(20-4)10-12-17/h5-12H,13H2,1-4H3. The summed E-state index contributed by atoms with van der Waals surface area (Å²) in [4.78, 5) is 0.829. The van der Waals surface area contributed by atoms with Crippen molar-refractivity contribution < 1.29 is 8.95 Å². The van der Waals surface area contributed by atoms with E-state index in [-0.39, 0.29) is 5.41 Å². The quantitative estimate of drug-likeness (QED) is 0.841. The minimum atomic E-state index is -1.03. The Morgan fingerprint density at radius 2 is 1.52 bits per heavy atom. The highest BCUT2D eigenvalue weighted by atomic mass is 32.2. The zero-order valence-electron chi connectivity index (χ0n) is 13.1. The van der Waals surface area contributed by atoms with E-state index in [1.54, 1.807) is 7.11 Å². The van der Waals surface area contributed by atoms with E-state index >= 15 is 0 Å². The number of rotatable bonds is 4. The fourth-order valence-corrected chi connectivity index (χ4v) is 3.16. The highest BCUT2D eigenvalue weighted by molar-refractivity contribution is 7.84. The zero-order valence-corrected chi connectivity index (χ0v) is 13.9. The second-order valence-corrected chi connectivity index (χ2v) is 7.56. The monoisotopic (exact) mass is 302 g/mol. The number of ether oxygens (including phenoxy) is 1. The first-order valence-corrected chi connectivity index (χ1v) is 8.34. The third-order valence-corrected chi connectivity index (χ3v) is 4.83. The molecule has 21 heavy (non-hydrogen) atoms. The summed E-state index contributed by atoms with van der Waals surface area (Å²) in [6.45, 7) is 6.58. The molecule has 1 unspecified atom stereocenters. The molecule has 1 atom stereocenters. The SMILES string of the molecule is COc1ccc(S(=O)Cc2ccc(C(C)(C)C)cc2)cc1. The first kappa shape index (κ1) is 15.8. The van der Waals surface area contributed by atoms with Gasteiger partial charge in [0.25, 0.3) is 0 Å². The van der Waals surface area contributed by atoms with Gasteiger partial charge in [-0.05, 0) is 40.8 Å². The molecule has 0 aliphatic heterocycles. The highest BCUT2D eigenvalue weighted by Crippen LogP contribution is 2.23. The Labute approximate surface area is 129 Å². The van der Waals surface area contributed by atoms with Crippen LogP contribution in [0.3, 0.4) is 0 Å². The molecule has 112 valence electrons. The summed E-state index contributed by atoms with van der Waals surface area (Å²) in [6, 6.07) is 15.8. The van der Waals surface area contributed by atoms with Gasteiger partial charge in [-0.3, -0.25) is 4.21 Å². The lowest BCUT2D eigenvalue weighted by Crippen LogP contribution is -2.10. The minimum absolute atomic E-state index is 0.146. The molecular weight excluding hydrogens is 280 g/mol.